The molecular weight excluding hydrogens is 380 g/mol. The first-order valence-corrected chi connectivity index (χ1v) is 8.74. The van der Waals surface area contributed by atoms with Crippen LogP contribution < -0.4 is 9.47 Å². The van der Waals surface area contributed by atoms with Crippen molar-refractivity contribution in [3.05, 3.63) is 64.9 Å². The summed E-state index contributed by atoms with van der Waals surface area (Å²) in [5.41, 5.74) is 3.26. The molecule has 2 aromatic heterocycles. The lowest BCUT2D eigenvalue weighted by Crippen LogP contribution is -1.98. The molecule has 0 N–H and O–H groups in total. The van der Waals surface area contributed by atoms with E-state index in [0.29, 0.717) is 6.61 Å². The van der Waals surface area contributed by atoms with Gasteiger partial charge in [0.15, 0.2) is 11.5 Å². The molecule has 0 aliphatic heterocycles. The molecule has 4 nitrogen and oxygen atoms in total. The minimum atomic E-state index is 0.498. The number of ether oxygens (including phenoxy) is 2. The number of pyridine rings is 1. The van der Waals surface area contributed by atoms with E-state index in [2.05, 4.69) is 25.5 Å². The van der Waals surface area contributed by atoms with Gasteiger partial charge in [-0.2, -0.15) is 0 Å². The summed E-state index contributed by atoms with van der Waals surface area (Å²) < 4.78 is 14.7. The van der Waals surface area contributed by atoms with Crippen molar-refractivity contribution >= 4 is 37.7 Å². The monoisotopic (exact) mass is 396 g/mol. The molecule has 0 radical (unpaired) electrons. The Morgan fingerprint density at radius 3 is 2.60 bits per heavy atom. The van der Waals surface area contributed by atoms with Gasteiger partial charge in [-0.1, -0.05) is 30.3 Å². The molecule has 126 valence electrons. The van der Waals surface area contributed by atoms with Crippen LogP contribution in [0.3, 0.4) is 0 Å². The SMILES string of the molecule is COc1cc2c3c(Br)cncc3n(C)c2cc1OCc1ccccc1. The van der Waals surface area contributed by atoms with E-state index in [1.165, 1.54) is 0 Å². The lowest BCUT2D eigenvalue weighted by atomic mass is 10.1. The fraction of sp³-hybridized carbons (Fsp3) is 0.150. The van der Waals surface area contributed by atoms with Gasteiger partial charge in [0.25, 0.3) is 0 Å². The van der Waals surface area contributed by atoms with Crippen LogP contribution in [-0.4, -0.2) is 16.7 Å². The normalized spacial score (nSPS) is 11.2. The van der Waals surface area contributed by atoms with Crippen LogP contribution in [0.25, 0.3) is 21.8 Å². The molecule has 25 heavy (non-hydrogen) atoms. The molecule has 4 rings (SSSR count). The minimum Gasteiger partial charge on any atom is -0.493 e. The first-order valence-electron chi connectivity index (χ1n) is 7.95. The molecule has 0 fully saturated rings. The molecule has 0 saturated carbocycles. The molecule has 5 heteroatoms. The van der Waals surface area contributed by atoms with Crippen molar-refractivity contribution in [1.82, 2.24) is 9.55 Å². The Morgan fingerprint density at radius 1 is 1.04 bits per heavy atom. The average molecular weight is 397 g/mol. The van der Waals surface area contributed by atoms with Gasteiger partial charge in [0.1, 0.15) is 6.61 Å². The van der Waals surface area contributed by atoms with E-state index in [1.807, 2.05) is 61.9 Å². The fourth-order valence-electron chi connectivity index (χ4n) is 3.11. The number of nitrogens with zero attached hydrogens (tertiary/aromatic N) is 2. The van der Waals surface area contributed by atoms with Gasteiger partial charge in [0, 0.05) is 34.6 Å². The predicted octanol–water partition coefficient (Wildman–Crippen LogP) is 5.08. The zero-order valence-electron chi connectivity index (χ0n) is 14.0. The third-order valence-electron chi connectivity index (χ3n) is 4.39. The number of fused-ring (bicyclic) bond motifs is 3. The lowest BCUT2D eigenvalue weighted by molar-refractivity contribution is 0.285. The van der Waals surface area contributed by atoms with E-state index in [-0.39, 0.29) is 0 Å². The first-order chi connectivity index (χ1) is 12.2. The van der Waals surface area contributed by atoms with E-state index in [0.717, 1.165) is 43.3 Å². The van der Waals surface area contributed by atoms with E-state index in [9.17, 15) is 0 Å². The van der Waals surface area contributed by atoms with Gasteiger partial charge in [0.05, 0.1) is 24.3 Å². The van der Waals surface area contributed by atoms with Gasteiger partial charge in [-0.3, -0.25) is 4.98 Å². The van der Waals surface area contributed by atoms with Crippen LogP contribution in [0.5, 0.6) is 11.5 Å². The molecule has 0 saturated heterocycles. The quantitative estimate of drug-likeness (QED) is 0.482. The molecule has 0 unspecified atom stereocenters. The lowest BCUT2D eigenvalue weighted by Gasteiger charge is -2.12. The Labute approximate surface area is 154 Å². The van der Waals surface area contributed by atoms with Gasteiger partial charge in [-0.25, -0.2) is 0 Å². The zero-order valence-corrected chi connectivity index (χ0v) is 15.6. The zero-order chi connectivity index (χ0) is 17.4. The highest BCUT2D eigenvalue weighted by Crippen LogP contribution is 2.39. The molecule has 0 atom stereocenters. The molecule has 4 aromatic rings. The van der Waals surface area contributed by atoms with E-state index in [1.54, 1.807) is 7.11 Å². The maximum atomic E-state index is 6.04. The smallest absolute Gasteiger partial charge is 0.163 e. The van der Waals surface area contributed by atoms with Crippen LogP contribution in [0.1, 0.15) is 5.56 Å². The highest BCUT2D eigenvalue weighted by atomic mass is 79.9. The number of aromatic nitrogens is 2. The van der Waals surface area contributed by atoms with Gasteiger partial charge in [0.2, 0.25) is 0 Å². The topological polar surface area (TPSA) is 36.3 Å². The van der Waals surface area contributed by atoms with Crippen molar-refractivity contribution in [2.45, 2.75) is 6.61 Å². The highest BCUT2D eigenvalue weighted by molar-refractivity contribution is 9.10. The minimum absolute atomic E-state index is 0.498. The summed E-state index contributed by atoms with van der Waals surface area (Å²) in [4.78, 5) is 4.28. The van der Waals surface area contributed by atoms with Crippen LogP contribution in [0.15, 0.2) is 59.3 Å². The summed E-state index contributed by atoms with van der Waals surface area (Å²) in [5.74, 6) is 1.45. The summed E-state index contributed by atoms with van der Waals surface area (Å²) >= 11 is 3.61. The summed E-state index contributed by atoms with van der Waals surface area (Å²) in [6, 6.07) is 14.2. The molecule has 2 heterocycles. The molecule has 0 aliphatic carbocycles. The molecule has 2 aromatic carbocycles. The number of rotatable bonds is 4. The number of aryl methyl sites for hydroxylation is 1. The van der Waals surface area contributed by atoms with Crippen LogP contribution in [0.2, 0.25) is 0 Å². The number of methoxy groups -OCH3 is 1. The molecule has 0 amide bonds. The summed E-state index contributed by atoms with van der Waals surface area (Å²) in [7, 11) is 3.70. The molecule has 0 aliphatic rings. The highest BCUT2D eigenvalue weighted by Gasteiger charge is 2.16. The Balaban J connectivity index is 1.84. The van der Waals surface area contributed by atoms with Crippen molar-refractivity contribution < 1.29 is 9.47 Å². The van der Waals surface area contributed by atoms with Crippen LogP contribution in [0, 0.1) is 0 Å². The average Bonchev–Trinajstić information content (AvgIpc) is 2.93. The van der Waals surface area contributed by atoms with Gasteiger partial charge >= 0.3 is 0 Å². The first kappa shape index (κ1) is 16.0. The Bertz CT molecular complexity index is 1060. The number of benzene rings is 2. The van der Waals surface area contributed by atoms with Crippen molar-refractivity contribution in [3.8, 4) is 11.5 Å². The Morgan fingerprint density at radius 2 is 1.84 bits per heavy atom. The second-order valence-corrected chi connectivity index (χ2v) is 6.72. The van der Waals surface area contributed by atoms with Gasteiger partial charge in [-0.15, -0.1) is 0 Å². The third kappa shape index (κ3) is 2.74. The van der Waals surface area contributed by atoms with Gasteiger partial charge in [-0.05, 0) is 27.6 Å². The second kappa shape index (κ2) is 6.41. The summed E-state index contributed by atoms with van der Waals surface area (Å²) in [5, 5.41) is 2.23. The summed E-state index contributed by atoms with van der Waals surface area (Å²) in [6.45, 7) is 0.498. The van der Waals surface area contributed by atoms with Crippen molar-refractivity contribution in [1.29, 1.82) is 0 Å². The van der Waals surface area contributed by atoms with Crippen molar-refractivity contribution in [2.24, 2.45) is 7.05 Å². The van der Waals surface area contributed by atoms with Crippen LogP contribution in [0.4, 0.5) is 0 Å². The maximum absolute atomic E-state index is 6.04. The van der Waals surface area contributed by atoms with E-state index < -0.39 is 0 Å². The fourth-order valence-corrected chi connectivity index (χ4v) is 3.64. The van der Waals surface area contributed by atoms with Crippen LogP contribution >= 0.6 is 15.9 Å². The third-order valence-corrected chi connectivity index (χ3v) is 4.99. The Kier molecular flexibility index (Phi) is 4.09. The van der Waals surface area contributed by atoms with E-state index in [4.69, 9.17) is 9.47 Å². The largest absolute Gasteiger partial charge is 0.493 e. The molecule has 0 spiro atoms. The molecule has 0 bridgehead atoms. The number of halogens is 1. The summed E-state index contributed by atoms with van der Waals surface area (Å²) in [6.07, 6.45) is 3.69. The van der Waals surface area contributed by atoms with Crippen LogP contribution in [-0.2, 0) is 13.7 Å². The number of hydrogen-bond acceptors (Lipinski definition) is 3. The van der Waals surface area contributed by atoms with Crippen molar-refractivity contribution in [2.75, 3.05) is 7.11 Å². The van der Waals surface area contributed by atoms with Gasteiger partial charge < -0.3 is 14.0 Å². The number of hydrogen-bond donors (Lipinski definition) is 0. The Hall–Kier alpha value is -2.53. The molecular formula is C20H17BrN2O2. The van der Waals surface area contributed by atoms with Crippen molar-refractivity contribution in [3.63, 3.8) is 0 Å². The standard InChI is InChI=1S/C20H17BrN2O2/c1-23-16-9-19(25-12-13-6-4-3-5-7-13)18(24-2)8-14(16)20-15(21)10-22-11-17(20)23/h3-11H,12H2,1-2H3. The van der Waals surface area contributed by atoms with E-state index >= 15 is 0 Å². The predicted molar refractivity (Wildman–Crippen MR) is 103 cm³/mol. The maximum Gasteiger partial charge on any atom is 0.163 e. The second-order valence-electron chi connectivity index (χ2n) is 5.87.